The molecule has 0 bridgehead atoms. The van der Waals surface area contributed by atoms with Gasteiger partial charge in [0.1, 0.15) is 0 Å². The maximum atomic E-state index is 12.0. The van der Waals surface area contributed by atoms with Crippen molar-refractivity contribution in [3.8, 4) is 0 Å². The van der Waals surface area contributed by atoms with Crippen LogP contribution in [0.4, 0.5) is 0 Å². The molecule has 0 aromatic carbocycles. The molecule has 3 nitrogen and oxygen atoms in total. The van der Waals surface area contributed by atoms with Crippen LogP contribution in [-0.2, 0) is 0 Å². The zero-order chi connectivity index (χ0) is 14.0. The number of nitrogens with one attached hydrogen (secondary N) is 1. The summed E-state index contributed by atoms with van der Waals surface area (Å²) in [6.45, 7) is 6.17. The van der Waals surface area contributed by atoms with Crippen LogP contribution >= 0.6 is 22.7 Å². The van der Waals surface area contributed by atoms with E-state index >= 15 is 0 Å². The number of carbonyl (C=O) groups is 1. The Hall–Kier alpha value is -0.910. The summed E-state index contributed by atoms with van der Waals surface area (Å²) in [7, 11) is 0. The molecule has 1 unspecified atom stereocenters. The van der Waals surface area contributed by atoms with Crippen LogP contribution in [0, 0.1) is 5.92 Å². The number of amides is 1. The van der Waals surface area contributed by atoms with Crippen LogP contribution in [0.3, 0.4) is 0 Å². The molecular weight excluding hydrogens is 278 g/mol. The summed E-state index contributed by atoms with van der Waals surface area (Å²) in [5, 5.41) is 15.0. The Balaban J connectivity index is 1.96. The standard InChI is InChI=1S/C14H19NO2S2/c1-9(2)7-14(3,17)8-15-13(16)12-6-11-10(19-12)4-5-18-11/h4-6,9,17H,7-8H2,1-3H3,(H,15,16). The van der Waals surface area contributed by atoms with Crippen LogP contribution in [0.1, 0.15) is 36.9 Å². The fraction of sp³-hybridized carbons (Fsp3) is 0.500. The average Bonchev–Trinajstić information content (AvgIpc) is 2.83. The fourth-order valence-corrected chi connectivity index (χ4v) is 4.21. The van der Waals surface area contributed by atoms with Crippen molar-refractivity contribution in [2.45, 2.75) is 32.8 Å². The lowest BCUT2D eigenvalue weighted by molar-refractivity contribution is 0.0369. The van der Waals surface area contributed by atoms with E-state index in [-0.39, 0.29) is 12.5 Å². The lowest BCUT2D eigenvalue weighted by Crippen LogP contribution is -2.41. The molecule has 0 fully saturated rings. The highest BCUT2D eigenvalue weighted by Crippen LogP contribution is 2.29. The highest BCUT2D eigenvalue weighted by Gasteiger charge is 2.23. The molecule has 2 aromatic rings. The van der Waals surface area contributed by atoms with Crippen molar-refractivity contribution in [3.63, 3.8) is 0 Å². The Bertz CT molecular complexity index is 540. The van der Waals surface area contributed by atoms with Gasteiger partial charge in [0.2, 0.25) is 0 Å². The van der Waals surface area contributed by atoms with Crippen LogP contribution in [0.25, 0.3) is 9.40 Å². The van der Waals surface area contributed by atoms with Crippen molar-refractivity contribution in [3.05, 3.63) is 22.4 Å². The van der Waals surface area contributed by atoms with Gasteiger partial charge in [0.15, 0.2) is 0 Å². The molecule has 104 valence electrons. The minimum Gasteiger partial charge on any atom is -0.388 e. The Morgan fingerprint density at radius 2 is 2.21 bits per heavy atom. The van der Waals surface area contributed by atoms with E-state index < -0.39 is 5.60 Å². The second-order valence-electron chi connectivity index (χ2n) is 5.54. The first-order valence-electron chi connectivity index (χ1n) is 6.35. The normalized spacial score (nSPS) is 14.8. The number of hydrogen-bond acceptors (Lipinski definition) is 4. The summed E-state index contributed by atoms with van der Waals surface area (Å²) in [4.78, 5) is 12.7. The molecule has 0 aliphatic carbocycles. The maximum absolute atomic E-state index is 12.0. The van der Waals surface area contributed by atoms with Crippen LogP contribution in [0.2, 0.25) is 0 Å². The van der Waals surface area contributed by atoms with Crippen molar-refractivity contribution in [1.82, 2.24) is 5.32 Å². The molecule has 0 aliphatic rings. The molecule has 2 aromatic heterocycles. The molecule has 1 amide bonds. The van der Waals surface area contributed by atoms with E-state index in [1.54, 1.807) is 18.3 Å². The number of thiophene rings is 2. The van der Waals surface area contributed by atoms with E-state index in [9.17, 15) is 9.90 Å². The molecule has 5 heteroatoms. The van der Waals surface area contributed by atoms with Gasteiger partial charge in [0.05, 0.1) is 10.5 Å². The highest BCUT2D eigenvalue weighted by molar-refractivity contribution is 7.27. The van der Waals surface area contributed by atoms with E-state index in [0.29, 0.717) is 17.2 Å². The van der Waals surface area contributed by atoms with Crippen LogP contribution in [0.5, 0.6) is 0 Å². The summed E-state index contributed by atoms with van der Waals surface area (Å²) in [5.74, 6) is 0.302. The summed E-state index contributed by atoms with van der Waals surface area (Å²) < 4.78 is 2.29. The monoisotopic (exact) mass is 297 g/mol. The molecule has 0 aliphatic heterocycles. The van der Waals surface area contributed by atoms with Gasteiger partial charge < -0.3 is 10.4 Å². The van der Waals surface area contributed by atoms with Crippen LogP contribution < -0.4 is 5.32 Å². The Morgan fingerprint density at radius 3 is 2.84 bits per heavy atom. The number of rotatable bonds is 5. The van der Waals surface area contributed by atoms with E-state index in [1.165, 1.54) is 11.3 Å². The first kappa shape index (κ1) is 14.5. The van der Waals surface area contributed by atoms with Gasteiger partial charge >= 0.3 is 0 Å². The molecule has 1 atom stereocenters. The fourth-order valence-electron chi connectivity index (χ4n) is 2.19. The quantitative estimate of drug-likeness (QED) is 0.887. The van der Waals surface area contributed by atoms with E-state index in [1.807, 2.05) is 17.5 Å². The first-order chi connectivity index (χ1) is 8.87. The summed E-state index contributed by atoms with van der Waals surface area (Å²) in [5.41, 5.74) is -0.849. The second-order valence-corrected chi connectivity index (χ2v) is 7.57. The highest BCUT2D eigenvalue weighted by atomic mass is 32.1. The van der Waals surface area contributed by atoms with Gasteiger partial charge in [-0.25, -0.2) is 0 Å². The molecule has 0 spiro atoms. The van der Waals surface area contributed by atoms with E-state index in [0.717, 1.165) is 9.40 Å². The Labute approximate surface area is 121 Å². The van der Waals surface area contributed by atoms with Crippen LogP contribution in [-0.4, -0.2) is 23.2 Å². The summed E-state index contributed by atoms with van der Waals surface area (Å²) in [6, 6.07) is 3.94. The lowest BCUT2D eigenvalue weighted by atomic mass is 9.94. The molecule has 19 heavy (non-hydrogen) atoms. The third kappa shape index (κ3) is 3.78. The van der Waals surface area contributed by atoms with Gasteiger partial charge in [-0.3, -0.25) is 4.79 Å². The molecule has 2 rings (SSSR count). The maximum Gasteiger partial charge on any atom is 0.261 e. The second kappa shape index (κ2) is 5.61. The molecule has 0 saturated heterocycles. The first-order valence-corrected chi connectivity index (χ1v) is 8.04. The van der Waals surface area contributed by atoms with Crippen molar-refractivity contribution in [2.24, 2.45) is 5.92 Å². The average molecular weight is 297 g/mol. The largest absolute Gasteiger partial charge is 0.388 e. The topological polar surface area (TPSA) is 49.3 Å². The van der Waals surface area contributed by atoms with Gasteiger partial charge in [-0.2, -0.15) is 0 Å². The number of hydrogen-bond donors (Lipinski definition) is 2. The van der Waals surface area contributed by atoms with Gasteiger partial charge in [0, 0.05) is 15.9 Å². The molecule has 0 radical (unpaired) electrons. The van der Waals surface area contributed by atoms with Gasteiger partial charge in [-0.15, -0.1) is 22.7 Å². The molecule has 0 saturated carbocycles. The zero-order valence-corrected chi connectivity index (χ0v) is 13.0. The van der Waals surface area contributed by atoms with Gasteiger partial charge in [-0.05, 0) is 36.8 Å². The lowest BCUT2D eigenvalue weighted by Gasteiger charge is -2.25. The Kier molecular flexibility index (Phi) is 4.28. The summed E-state index contributed by atoms with van der Waals surface area (Å²) in [6.07, 6.45) is 0.673. The zero-order valence-electron chi connectivity index (χ0n) is 11.4. The molecule has 2 N–H and O–H groups in total. The number of fused-ring (bicyclic) bond motifs is 1. The van der Waals surface area contributed by atoms with Gasteiger partial charge in [0.25, 0.3) is 5.91 Å². The molecular formula is C14H19NO2S2. The molecule has 2 heterocycles. The van der Waals surface area contributed by atoms with Crippen LogP contribution in [0.15, 0.2) is 17.5 Å². The van der Waals surface area contributed by atoms with Crippen molar-refractivity contribution < 1.29 is 9.90 Å². The van der Waals surface area contributed by atoms with Crippen molar-refractivity contribution >= 4 is 38.0 Å². The minimum atomic E-state index is -0.849. The van der Waals surface area contributed by atoms with E-state index in [4.69, 9.17) is 0 Å². The van der Waals surface area contributed by atoms with E-state index in [2.05, 4.69) is 19.2 Å². The minimum absolute atomic E-state index is 0.0996. The SMILES string of the molecule is CC(C)CC(C)(O)CNC(=O)c1cc2sccc2s1. The third-order valence-electron chi connectivity index (χ3n) is 2.84. The smallest absolute Gasteiger partial charge is 0.261 e. The van der Waals surface area contributed by atoms with Crippen molar-refractivity contribution in [1.29, 1.82) is 0 Å². The van der Waals surface area contributed by atoms with Gasteiger partial charge in [-0.1, -0.05) is 13.8 Å². The van der Waals surface area contributed by atoms with Crippen molar-refractivity contribution in [2.75, 3.05) is 6.54 Å². The predicted molar refractivity (Wildman–Crippen MR) is 82.1 cm³/mol. The summed E-state index contributed by atoms with van der Waals surface area (Å²) >= 11 is 3.13. The number of aliphatic hydroxyl groups is 1. The predicted octanol–water partition coefficient (Wildman–Crippen LogP) is 3.49. The third-order valence-corrected chi connectivity index (χ3v) is 4.93. The number of carbonyl (C=O) groups excluding carboxylic acids is 1. The Morgan fingerprint density at radius 1 is 1.47 bits per heavy atom.